The Hall–Kier alpha value is -1.65. The molecule has 2 saturated carbocycles. The smallest absolute Gasteiger partial charge is 0.303 e. The SMILES string of the molecule is CC(=O)O[C@@H]1[C][C@@]2(O)[C@H](C)CC[C@@H]([C@H](C)CN(C)C3CC3c3ccccc3)[C@H]2C=C1C. The summed E-state index contributed by atoms with van der Waals surface area (Å²) in [6, 6.07) is 11.4. The molecular formula is C27H37NO3. The molecule has 0 bridgehead atoms. The van der Waals surface area contributed by atoms with E-state index in [1.165, 1.54) is 18.9 Å². The van der Waals surface area contributed by atoms with Crippen molar-refractivity contribution in [3.8, 4) is 0 Å². The lowest BCUT2D eigenvalue weighted by atomic mass is 9.57. The molecule has 3 aliphatic rings. The zero-order chi connectivity index (χ0) is 22.3. The average Bonchev–Trinajstić information content (AvgIpc) is 3.52. The number of esters is 1. The minimum absolute atomic E-state index is 0.0237. The molecule has 2 unspecified atom stereocenters. The highest BCUT2D eigenvalue weighted by atomic mass is 16.5. The maximum atomic E-state index is 11.7. The molecule has 3 aliphatic carbocycles. The molecule has 8 atom stereocenters. The number of carbonyl (C=O) groups excluding carboxylic acids is 1. The van der Waals surface area contributed by atoms with Crippen molar-refractivity contribution >= 4 is 5.97 Å². The molecule has 31 heavy (non-hydrogen) atoms. The predicted octanol–water partition coefficient (Wildman–Crippen LogP) is 4.48. The lowest BCUT2D eigenvalue weighted by molar-refractivity contribution is -0.148. The van der Waals surface area contributed by atoms with Crippen molar-refractivity contribution in [1.29, 1.82) is 0 Å². The molecule has 0 aliphatic heterocycles. The first-order valence-electron chi connectivity index (χ1n) is 11.8. The number of hydrogen-bond donors (Lipinski definition) is 1. The average molecular weight is 424 g/mol. The number of nitrogens with zero attached hydrogens (tertiary/aromatic N) is 1. The van der Waals surface area contributed by atoms with E-state index in [9.17, 15) is 9.90 Å². The Bertz CT molecular complexity index is 821. The molecule has 2 radical (unpaired) electrons. The van der Waals surface area contributed by atoms with Crippen LogP contribution in [0, 0.1) is 30.1 Å². The van der Waals surface area contributed by atoms with Crippen molar-refractivity contribution in [2.24, 2.45) is 23.7 Å². The Morgan fingerprint density at radius 1 is 1.32 bits per heavy atom. The minimum atomic E-state index is -1.04. The maximum absolute atomic E-state index is 11.7. The van der Waals surface area contributed by atoms with E-state index in [1.54, 1.807) is 0 Å². The first kappa shape index (κ1) is 22.5. The fourth-order valence-corrected chi connectivity index (χ4v) is 6.06. The summed E-state index contributed by atoms with van der Waals surface area (Å²) in [5.74, 6) is 1.28. The number of hydrogen-bond acceptors (Lipinski definition) is 4. The predicted molar refractivity (Wildman–Crippen MR) is 122 cm³/mol. The van der Waals surface area contributed by atoms with Crippen LogP contribution in [0.2, 0.25) is 0 Å². The lowest BCUT2D eigenvalue weighted by Gasteiger charge is -2.52. The van der Waals surface area contributed by atoms with Gasteiger partial charge in [0.1, 0.15) is 6.10 Å². The normalized spacial score (nSPS) is 38.2. The van der Waals surface area contributed by atoms with Crippen molar-refractivity contribution in [1.82, 2.24) is 4.90 Å². The number of rotatable bonds is 6. The van der Waals surface area contributed by atoms with E-state index in [-0.39, 0.29) is 17.8 Å². The van der Waals surface area contributed by atoms with E-state index in [0.29, 0.717) is 23.8 Å². The van der Waals surface area contributed by atoms with Gasteiger partial charge >= 0.3 is 5.97 Å². The van der Waals surface area contributed by atoms with Crippen LogP contribution in [0.4, 0.5) is 0 Å². The molecule has 4 nitrogen and oxygen atoms in total. The topological polar surface area (TPSA) is 49.8 Å². The summed E-state index contributed by atoms with van der Waals surface area (Å²) in [5, 5.41) is 11.7. The zero-order valence-corrected chi connectivity index (χ0v) is 19.5. The lowest BCUT2D eigenvalue weighted by Crippen LogP contribution is -2.56. The molecular weight excluding hydrogens is 386 g/mol. The van der Waals surface area contributed by atoms with Gasteiger partial charge in [0, 0.05) is 31.3 Å². The van der Waals surface area contributed by atoms with E-state index in [0.717, 1.165) is 25.0 Å². The van der Waals surface area contributed by atoms with Gasteiger partial charge in [0.05, 0.1) is 12.0 Å². The largest absolute Gasteiger partial charge is 0.457 e. The minimum Gasteiger partial charge on any atom is -0.457 e. The number of ether oxygens (including phenoxy) is 1. The van der Waals surface area contributed by atoms with Gasteiger partial charge in [-0.25, -0.2) is 0 Å². The summed E-state index contributed by atoms with van der Waals surface area (Å²) >= 11 is 0. The highest BCUT2D eigenvalue weighted by Crippen LogP contribution is 2.51. The van der Waals surface area contributed by atoms with Gasteiger partial charge < -0.3 is 14.7 Å². The molecule has 1 N–H and O–H groups in total. The van der Waals surface area contributed by atoms with Crippen LogP contribution >= 0.6 is 0 Å². The van der Waals surface area contributed by atoms with Crippen LogP contribution < -0.4 is 0 Å². The summed E-state index contributed by atoms with van der Waals surface area (Å²) in [5.41, 5.74) is 1.39. The molecule has 0 spiro atoms. The van der Waals surface area contributed by atoms with Gasteiger partial charge in [0.2, 0.25) is 0 Å². The van der Waals surface area contributed by atoms with Crippen LogP contribution in [0.5, 0.6) is 0 Å². The monoisotopic (exact) mass is 423 g/mol. The molecule has 0 amide bonds. The van der Waals surface area contributed by atoms with Crippen LogP contribution in [0.15, 0.2) is 42.0 Å². The Morgan fingerprint density at radius 2 is 2.03 bits per heavy atom. The van der Waals surface area contributed by atoms with Crippen LogP contribution in [-0.4, -0.2) is 47.3 Å². The molecule has 2 fully saturated rings. The zero-order valence-electron chi connectivity index (χ0n) is 19.5. The van der Waals surface area contributed by atoms with E-state index in [4.69, 9.17) is 4.74 Å². The van der Waals surface area contributed by atoms with Gasteiger partial charge in [-0.05, 0) is 62.1 Å². The summed E-state index contributed by atoms with van der Waals surface area (Å²) in [6.45, 7) is 8.86. The van der Waals surface area contributed by atoms with Crippen molar-refractivity contribution in [2.75, 3.05) is 13.6 Å². The second kappa shape index (κ2) is 8.71. The number of aliphatic hydroxyl groups is 1. The second-order valence-corrected chi connectivity index (χ2v) is 10.3. The highest BCUT2D eigenvalue weighted by Gasteiger charge is 2.53. The fraction of sp³-hybridized carbons (Fsp3) is 0.630. The Morgan fingerprint density at radius 3 is 2.71 bits per heavy atom. The van der Waals surface area contributed by atoms with Crippen LogP contribution in [-0.2, 0) is 9.53 Å². The van der Waals surface area contributed by atoms with E-state index >= 15 is 0 Å². The van der Waals surface area contributed by atoms with E-state index < -0.39 is 11.7 Å². The van der Waals surface area contributed by atoms with Gasteiger partial charge in [-0.3, -0.25) is 4.79 Å². The quantitative estimate of drug-likeness (QED) is 0.542. The Labute approximate surface area is 187 Å². The van der Waals surface area contributed by atoms with Gasteiger partial charge in [0.25, 0.3) is 0 Å². The fourth-order valence-electron chi connectivity index (χ4n) is 6.06. The number of likely N-dealkylation sites (N-methyl/N-ethyl adjacent to an activating group) is 1. The van der Waals surface area contributed by atoms with Gasteiger partial charge in [-0.1, -0.05) is 50.3 Å². The third-order valence-electron chi connectivity index (χ3n) is 8.01. The molecule has 0 saturated heterocycles. The summed E-state index contributed by atoms with van der Waals surface area (Å²) in [7, 11) is 2.25. The Kier molecular flexibility index (Phi) is 6.33. The molecule has 1 aromatic carbocycles. The molecule has 0 aromatic heterocycles. The molecule has 1 aromatic rings. The van der Waals surface area contributed by atoms with Crippen LogP contribution in [0.25, 0.3) is 0 Å². The third kappa shape index (κ3) is 4.47. The third-order valence-corrected chi connectivity index (χ3v) is 8.01. The molecule has 4 heteroatoms. The number of benzene rings is 1. The standard InChI is InChI=1S/C27H37NO3/c1-17-13-24-22(12-11-19(3)27(24,30)15-26(17)31-20(4)29)18(2)16-28(5)25-14-23(25)21-9-7-6-8-10-21/h6-10,13,18-19,22-26,30H,11-12,14,16H2,1-5H3/t18-,19-,22+,23?,24-,25?,26-,27-/m1/s1. The van der Waals surface area contributed by atoms with Gasteiger partial charge in [0.15, 0.2) is 0 Å². The number of fused-ring (bicyclic) bond motifs is 1. The molecule has 0 heterocycles. The summed E-state index contributed by atoms with van der Waals surface area (Å²) in [4.78, 5) is 14.0. The highest BCUT2D eigenvalue weighted by molar-refractivity contribution is 5.66. The van der Waals surface area contributed by atoms with Crippen molar-refractivity contribution in [2.45, 2.75) is 70.6 Å². The van der Waals surface area contributed by atoms with Gasteiger partial charge in [-0.15, -0.1) is 0 Å². The summed E-state index contributed by atoms with van der Waals surface area (Å²) in [6.07, 6.45) is 8.23. The number of carbonyl (C=O) groups is 1. The first-order chi connectivity index (χ1) is 14.7. The second-order valence-electron chi connectivity index (χ2n) is 10.3. The Balaban J connectivity index is 1.45. The summed E-state index contributed by atoms with van der Waals surface area (Å²) < 4.78 is 5.43. The maximum Gasteiger partial charge on any atom is 0.303 e. The van der Waals surface area contributed by atoms with Crippen molar-refractivity contribution in [3.63, 3.8) is 0 Å². The van der Waals surface area contributed by atoms with E-state index in [2.05, 4.69) is 68.6 Å². The van der Waals surface area contributed by atoms with E-state index in [1.807, 2.05) is 6.92 Å². The van der Waals surface area contributed by atoms with Crippen LogP contribution in [0.3, 0.4) is 0 Å². The van der Waals surface area contributed by atoms with Crippen molar-refractivity contribution < 1.29 is 14.6 Å². The first-order valence-corrected chi connectivity index (χ1v) is 11.8. The van der Waals surface area contributed by atoms with Crippen molar-refractivity contribution in [3.05, 3.63) is 54.0 Å². The van der Waals surface area contributed by atoms with Gasteiger partial charge in [-0.2, -0.15) is 0 Å². The molecule has 4 rings (SSSR count). The molecule has 168 valence electrons. The van der Waals surface area contributed by atoms with Crippen LogP contribution in [0.1, 0.15) is 58.4 Å².